The molecule has 0 saturated heterocycles. The van der Waals surface area contributed by atoms with E-state index in [1.54, 1.807) is 0 Å². The molecule has 1 fully saturated rings. The molecule has 2 heterocycles. The minimum Gasteiger partial charge on any atom is -0.289 e. The summed E-state index contributed by atoms with van der Waals surface area (Å²) in [6.45, 7) is 2.01. The second-order valence-electron chi connectivity index (χ2n) is 6.98. The van der Waals surface area contributed by atoms with Gasteiger partial charge in [0.1, 0.15) is 5.65 Å². The van der Waals surface area contributed by atoms with Crippen LogP contribution in [0.3, 0.4) is 0 Å². The van der Waals surface area contributed by atoms with Gasteiger partial charge in [-0.1, -0.05) is 54.9 Å². The molecular weight excluding hydrogens is 342 g/mol. The van der Waals surface area contributed by atoms with Gasteiger partial charge in [-0.05, 0) is 37.7 Å². The average Bonchev–Trinajstić information content (AvgIpc) is 3.18. The highest BCUT2D eigenvalue weighted by molar-refractivity contribution is 7.98. The van der Waals surface area contributed by atoms with E-state index in [0.29, 0.717) is 6.42 Å². The van der Waals surface area contributed by atoms with Crippen LogP contribution in [0.4, 0.5) is 0 Å². The second-order valence-corrected chi connectivity index (χ2v) is 7.75. The first-order valence-electron chi connectivity index (χ1n) is 9.18. The maximum absolute atomic E-state index is 13.4. The van der Waals surface area contributed by atoms with Crippen LogP contribution in [-0.2, 0) is 6.42 Å². The van der Waals surface area contributed by atoms with Crippen molar-refractivity contribution in [3.63, 3.8) is 0 Å². The van der Waals surface area contributed by atoms with E-state index in [2.05, 4.69) is 17.1 Å². The van der Waals surface area contributed by atoms with Crippen LogP contribution in [0.2, 0.25) is 0 Å². The molecule has 1 aliphatic rings. The van der Waals surface area contributed by atoms with Crippen LogP contribution in [0.5, 0.6) is 0 Å². The Balaban J connectivity index is 1.95. The summed E-state index contributed by atoms with van der Waals surface area (Å²) in [6, 6.07) is 12.5. The summed E-state index contributed by atoms with van der Waals surface area (Å²) in [6.07, 6.45) is 7.10. The number of aromatic nitrogens is 3. The fourth-order valence-electron chi connectivity index (χ4n) is 3.92. The first-order chi connectivity index (χ1) is 12.7. The first kappa shape index (κ1) is 17.3. The summed E-state index contributed by atoms with van der Waals surface area (Å²) < 4.78 is 1.97. The van der Waals surface area contributed by atoms with Crippen LogP contribution < -0.4 is 5.56 Å². The Hall–Kier alpha value is -2.14. The molecule has 0 unspecified atom stereocenters. The quantitative estimate of drug-likeness (QED) is 0.503. The molecule has 0 amide bonds. The van der Waals surface area contributed by atoms with Gasteiger partial charge in [0.05, 0.1) is 5.69 Å². The molecule has 4 nitrogen and oxygen atoms in total. The normalized spacial score (nSPS) is 15.0. The second kappa shape index (κ2) is 7.23. The Morgan fingerprint density at radius 2 is 1.88 bits per heavy atom. The van der Waals surface area contributed by atoms with Gasteiger partial charge in [-0.25, -0.2) is 9.97 Å². The number of rotatable bonds is 4. The lowest BCUT2D eigenvalue weighted by molar-refractivity contribution is 0.511. The molecule has 0 aliphatic heterocycles. The number of fused-ring (bicyclic) bond motifs is 1. The van der Waals surface area contributed by atoms with Crippen LogP contribution in [0.25, 0.3) is 11.0 Å². The molecule has 0 N–H and O–H groups in total. The first-order valence-corrected chi connectivity index (χ1v) is 10.4. The van der Waals surface area contributed by atoms with Gasteiger partial charge >= 0.3 is 0 Å². The SMILES string of the molecule is CSc1nc(C)c2cc(Cc3ccccc3)c(=O)n(C3CCCC3)c2n1. The molecule has 1 aromatic carbocycles. The maximum Gasteiger partial charge on any atom is 0.256 e. The highest BCUT2D eigenvalue weighted by Gasteiger charge is 2.23. The summed E-state index contributed by atoms with van der Waals surface area (Å²) in [7, 11) is 0. The predicted molar refractivity (Wildman–Crippen MR) is 107 cm³/mol. The molecule has 1 aliphatic carbocycles. The zero-order valence-corrected chi connectivity index (χ0v) is 16.1. The van der Waals surface area contributed by atoms with E-state index in [9.17, 15) is 4.79 Å². The Morgan fingerprint density at radius 3 is 2.58 bits per heavy atom. The number of aryl methyl sites for hydroxylation is 1. The minimum atomic E-state index is 0.110. The van der Waals surface area contributed by atoms with Gasteiger partial charge in [0.15, 0.2) is 5.16 Å². The van der Waals surface area contributed by atoms with Crippen molar-refractivity contribution in [1.82, 2.24) is 14.5 Å². The van der Waals surface area contributed by atoms with E-state index in [4.69, 9.17) is 4.98 Å². The van der Waals surface area contributed by atoms with Crippen molar-refractivity contribution < 1.29 is 0 Å². The van der Waals surface area contributed by atoms with Crippen LogP contribution in [0.15, 0.2) is 46.3 Å². The Morgan fingerprint density at radius 1 is 1.15 bits per heavy atom. The molecule has 0 radical (unpaired) electrons. The van der Waals surface area contributed by atoms with Crippen molar-refractivity contribution in [2.45, 2.75) is 50.2 Å². The van der Waals surface area contributed by atoms with Gasteiger partial charge in [0.25, 0.3) is 5.56 Å². The maximum atomic E-state index is 13.4. The summed E-state index contributed by atoms with van der Waals surface area (Å²) in [5.74, 6) is 0. The predicted octanol–water partition coefficient (Wildman–Crippen LogP) is 4.53. The highest BCUT2D eigenvalue weighted by atomic mass is 32.2. The van der Waals surface area contributed by atoms with Gasteiger partial charge < -0.3 is 0 Å². The van der Waals surface area contributed by atoms with Crippen LogP contribution in [0.1, 0.15) is 48.5 Å². The van der Waals surface area contributed by atoms with Crippen LogP contribution in [-0.4, -0.2) is 20.8 Å². The summed E-state index contributed by atoms with van der Waals surface area (Å²) in [5.41, 5.74) is 3.84. The summed E-state index contributed by atoms with van der Waals surface area (Å²) in [5, 5.41) is 1.73. The summed E-state index contributed by atoms with van der Waals surface area (Å²) in [4.78, 5) is 22.7. The number of pyridine rings is 1. The smallest absolute Gasteiger partial charge is 0.256 e. The topological polar surface area (TPSA) is 47.8 Å². The third-order valence-electron chi connectivity index (χ3n) is 5.25. The van der Waals surface area contributed by atoms with Crippen molar-refractivity contribution in [2.75, 3.05) is 6.26 Å². The van der Waals surface area contributed by atoms with Gasteiger partial charge in [-0.15, -0.1) is 0 Å². The van der Waals surface area contributed by atoms with Crippen molar-refractivity contribution in [3.8, 4) is 0 Å². The molecule has 5 heteroatoms. The monoisotopic (exact) mass is 365 g/mol. The standard InChI is InChI=1S/C21H23N3OS/c1-14-18-13-16(12-15-8-4-3-5-9-15)20(25)24(17-10-6-7-11-17)19(18)23-21(22-14)26-2/h3-5,8-9,13,17H,6-7,10-12H2,1-2H3. The fourth-order valence-corrected chi connectivity index (χ4v) is 4.32. The van der Waals surface area contributed by atoms with Crippen LogP contribution in [0, 0.1) is 6.92 Å². The van der Waals surface area contributed by atoms with Crippen molar-refractivity contribution in [2.24, 2.45) is 0 Å². The Kier molecular flexibility index (Phi) is 4.81. The van der Waals surface area contributed by atoms with Gasteiger partial charge in [0.2, 0.25) is 0 Å². The lowest BCUT2D eigenvalue weighted by atomic mass is 10.0. The van der Waals surface area contributed by atoms with E-state index in [-0.39, 0.29) is 11.6 Å². The zero-order chi connectivity index (χ0) is 18.1. The number of hydrogen-bond acceptors (Lipinski definition) is 4. The van der Waals surface area contributed by atoms with E-state index >= 15 is 0 Å². The number of hydrogen-bond donors (Lipinski definition) is 0. The van der Waals surface area contributed by atoms with Gasteiger partial charge in [-0.3, -0.25) is 9.36 Å². The van der Waals surface area contributed by atoms with Crippen LogP contribution >= 0.6 is 11.8 Å². The Bertz CT molecular complexity index is 992. The third-order valence-corrected chi connectivity index (χ3v) is 5.79. The number of thioether (sulfide) groups is 1. The molecule has 134 valence electrons. The number of nitrogens with zero attached hydrogens (tertiary/aromatic N) is 3. The average molecular weight is 366 g/mol. The molecule has 0 bridgehead atoms. The molecule has 1 saturated carbocycles. The van der Waals surface area contributed by atoms with Crippen molar-refractivity contribution in [1.29, 1.82) is 0 Å². The Labute approximate surface area is 157 Å². The van der Waals surface area contributed by atoms with Crippen molar-refractivity contribution >= 4 is 22.8 Å². The van der Waals surface area contributed by atoms with E-state index in [0.717, 1.165) is 45.9 Å². The molecular formula is C21H23N3OS. The molecule has 0 atom stereocenters. The largest absolute Gasteiger partial charge is 0.289 e. The molecule has 4 rings (SSSR count). The summed E-state index contributed by atoms with van der Waals surface area (Å²) >= 11 is 1.52. The minimum absolute atomic E-state index is 0.110. The van der Waals surface area contributed by atoms with Gasteiger partial charge in [-0.2, -0.15) is 0 Å². The third kappa shape index (κ3) is 3.16. The molecule has 2 aromatic heterocycles. The lowest BCUT2D eigenvalue weighted by Gasteiger charge is -2.19. The molecule has 26 heavy (non-hydrogen) atoms. The highest BCUT2D eigenvalue weighted by Crippen LogP contribution is 2.31. The molecule has 3 aromatic rings. The number of benzene rings is 1. The zero-order valence-electron chi connectivity index (χ0n) is 15.2. The van der Waals surface area contributed by atoms with E-state index in [1.165, 1.54) is 24.6 Å². The van der Waals surface area contributed by atoms with E-state index < -0.39 is 0 Å². The lowest BCUT2D eigenvalue weighted by Crippen LogP contribution is -2.28. The fraction of sp³-hybridized carbons (Fsp3) is 0.381. The van der Waals surface area contributed by atoms with E-state index in [1.807, 2.05) is 42.0 Å². The van der Waals surface area contributed by atoms with Crippen molar-refractivity contribution in [3.05, 3.63) is 63.6 Å². The molecule has 0 spiro atoms. The van der Waals surface area contributed by atoms with Gasteiger partial charge in [0, 0.05) is 23.4 Å².